The fraction of sp³-hybridized carbons (Fsp3) is 0.0833. The first-order valence-corrected chi connectivity index (χ1v) is 5.14. The van der Waals surface area contributed by atoms with Gasteiger partial charge in [-0.15, -0.1) is 0 Å². The molecule has 0 radical (unpaired) electrons. The van der Waals surface area contributed by atoms with Crippen LogP contribution in [-0.2, 0) is 0 Å². The molecule has 0 aliphatic rings. The van der Waals surface area contributed by atoms with Crippen molar-refractivity contribution >= 4 is 17.3 Å². The fourth-order valence-electron chi connectivity index (χ4n) is 1.46. The van der Waals surface area contributed by atoms with Gasteiger partial charge >= 0.3 is 0 Å². The molecule has 0 atom stereocenters. The Morgan fingerprint density at radius 1 is 1.25 bits per heavy atom. The van der Waals surface area contributed by atoms with E-state index in [1.165, 1.54) is 0 Å². The standard InChI is InChI=1S/C12H11ClN2O/c1-16-12-5-2-8(7-15-12)10-4-3-9(13)6-11(10)14/h2-7H,14H2,1H3. The Kier molecular flexibility index (Phi) is 2.97. The third-order valence-electron chi connectivity index (χ3n) is 2.27. The Labute approximate surface area is 98.8 Å². The van der Waals surface area contributed by atoms with Crippen molar-refractivity contribution in [3.63, 3.8) is 0 Å². The van der Waals surface area contributed by atoms with Gasteiger partial charge in [0, 0.05) is 34.1 Å². The van der Waals surface area contributed by atoms with E-state index in [0.717, 1.165) is 11.1 Å². The van der Waals surface area contributed by atoms with Crippen LogP contribution in [-0.4, -0.2) is 12.1 Å². The second-order valence-electron chi connectivity index (χ2n) is 3.32. The summed E-state index contributed by atoms with van der Waals surface area (Å²) in [4.78, 5) is 4.13. The molecule has 82 valence electrons. The molecule has 0 saturated heterocycles. The summed E-state index contributed by atoms with van der Waals surface area (Å²) in [5, 5.41) is 0.628. The minimum Gasteiger partial charge on any atom is -0.481 e. The number of pyridine rings is 1. The number of ether oxygens (including phenoxy) is 1. The van der Waals surface area contributed by atoms with Crippen LogP contribution in [0, 0.1) is 0 Å². The van der Waals surface area contributed by atoms with Crippen molar-refractivity contribution in [2.75, 3.05) is 12.8 Å². The van der Waals surface area contributed by atoms with Crippen molar-refractivity contribution in [2.24, 2.45) is 0 Å². The third-order valence-corrected chi connectivity index (χ3v) is 2.51. The number of methoxy groups -OCH3 is 1. The van der Waals surface area contributed by atoms with E-state index in [2.05, 4.69) is 4.98 Å². The normalized spacial score (nSPS) is 10.1. The Morgan fingerprint density at radius 3 is 2.62 bits per heavy atom. The summed E-state index contributed by atoms with van der Waals surface area (Å²) >= 11 is 5.84. The number of halogens is 1. The molecule has 16 heavy (non-hydrogen) atoms. The fourth-order valence-corrected chi connectivity index (χ4v) is 1.64. The molecule has 1 aromatic carbocycles. The molecule has 0 aliphatic heterocycles. The SMILES string of the molecule is COc1ccc(-c2ccc(Cl)cc2N)cn1. The van der Waals surface area contributed by atoms with E-state index in [0.29, 0.717) is 16.6 Å². The monoisotopic (exact) mass is 234 g/mol. The van der Waals surface area contributed by atoms with E-state index in [1.807, 2.05) is 12.1 Å². The minimum atomic E-state index is 0.580. The molecule has 0 saturated carbocycles. The largest absolute Gasteiger partial charge is 0.481 e. The molecule has 0 amide bonds. The summed E-state index contributed by atoms with van der Waals surface area (Å²) in [6, 6.07) is 9.11. The van der Waals surface area contributed by atoms with Gasteiger partial charge in [0.2, 0.25) is 5.88 Å². The molecule has 2 rings (SSSR count). The summed E-state index contributed by atoms with van der Waals surface area (Å²) < 4.78 is 4.99. The lowest BCUT2D eigenvalue weighted by molar-refractivity contribution is 0.398. The van der Waals surface area contributed by atoms with Gasteiger partial charge in [-0.05, 0) is 18.2 Å². The smallest absolute Gasteiger partial charge is 0.212 e. The predicted octanol–water partition coefficient (Wildman–Crippen LogP) is 2.99. The van der Waals surface area contributed by atoms with Crippen molar-refractivity contribution in [3.05, 3.63) is 41.6 Å². The van der Waals surface area contributed by atoms with Gasteiger partial charge in [-0.3, -0.25) is 0 Å². The number of rotatable bonds is 2. The average molecular weight is 235 g/mol. The zero-order valence-electron chi connectivity index (χ0n) is 8.77. The van der Waals surface area contributed by atoms with Crippen molar-refractivity contribution in [2.45, 2.75) is 0 Å². The van der Waals surface area contributed by atoms with E-state index >= 15 is 0 Å². The van der Waals surface area contributed by atoms with Crippen molar-refractivity contribution < 1.29 is 4.74 Å². The lowest BCUT2D eigenvalue weighted by Crippen LogP contribution is -1.91. The molecule has 2 N–H and O–H groups in total. The maximum absolute atomic E-state index is 5.88. The van der Waals surface area contributed by atoms with Crippen LogP contribution in [0.5, 0.6) is 5.88 Å². The number of hydrogen-bond acceptors (Lipinski definition) is 3. The van der Waals surface area contributed by atoms with E-state index in [4.69, 9.17) is 22.1 Å². The van der Waals surface area contributed by atoms with Gasteiger partial charge in [0.25, 0.3) is 0 Å². The summed E-state index contributed by atoms with van der Waals surface area (Å²) in [5.74, 6) is 0.580. The second-order valence-corrected chi connectivity index (χ2v) is 3.76. The second kappa shape index (κ2) is 4.41. The van der Waals surface area contributed by atoms with Gasteiger partial charge in [0.1, 0.15) is 0 Å². The molecule has 1 heterocycles. The van der Waals surface area contributed by atoms with Crippen molar-refractivity contribution in [1.82, 2.24) is 4.98 Å². The maximum Gasteiger partial charge on any atom is 0.212 e. The predicted molar refractivity (Wildman–Crippen MR) is 65.6 cm³/mol. The van der Waals surface area contributed by atoms with E-state index in [-0.39, 0.29) is 0 Å². The van der Waals surface area contributed by atoms with Crippen LogP contribution < -0.4 is 10.5 Å². The van der Waals surface area contributed by atoms with Gasteiger partial charge in [-0.2, -0.15) is 0 Å². The first-order valence-electron chi connectivity index (χ1n) is 4.76. The number of benzene rings is 1. The van der Waals surface area contributed by atoms with Gasteiger partial charge in [0.15, 0.2) is 0 Å². The lowest BCUT2D eigenvalue weighted by atomic mass is 10.1. The molecule has 4 heteroatoms. The third kappa shape index (κ3) is 2.09. The molecule has 3 nitrogen and oxygen atoms in total. The zero-order chi connectivity index (χ0) is 11.5. The summed E-state index contributed by atoms with van der Waals surface area (Å²) in [6.45, 7) is 0. The Balaban J connectivity index is 2.42. The van der Waals surface area contributed by atoms with Crippen LogP contribution in [0.4, 0.5) is 5.69 Å². The Morgan fingerprint density at radius 2 is 2.06 bits per heavy atom. The average Bonchev–Trinajstić information content (AvgIpc) is 2.29. The first-order chi connectivity index (χ1) is 7.70. The Hall–Kier alpha value is -1.74. The van der Waals surface area contributed by atoms with Gasteiger partial charge < -0.3 is 10.5 Å². The first kappa shape index (κ1) is 10.8. The summed E-state index contributed by atoms with van der Waals surface area (Å²) in [5.41, 5.74) is 8.37. The molecule has 2 aromatic rings. The van der Waals surface area contributed by atoms with Gasteiger partial charge in [-0.25, -0.2) is 4.98 Å². The van der Waals surface area contributed by atoms with Crippen LogP contribution in [0.1, 0.15) is 0 Å². The van der Waals surface area contributed by atoms with Crippen LogP contribution in [0.2, 0.25) is 5.02 Å². The quantitative estimate of drug-likeness (QED) is 0.813. The van der Waals surface area contributed by atoms with Gasteiger partial charge in [0.05, 0.1) is 7.11 Å². The number of nitrogen functional groups attached to an aromatic ring is 1. The maximum atomic E-state index is 5.88. The minimum absolute atomic E-state index is 0.580. The highest BCUT2D eigenvalue weighted by Gasteiger charge is 2.03. The van der Waals surface area contributed by atoms with Crippen LogP contribution in [0.25, 0.3) is 11.1 Å². The Bertz CT molecular complexity index is 497. The van der Waals surface area contributed by atoms with Crippen molar-refractivity contribution in [3.8, 4) is 17.0 Å². The molecular formula is C12H11ClN2O. The molecule has 0 spiro atoms. The molecule has 0 bridgehead atoms. The lowest BCUT2D eigenvalue weighted by Gasteiger charge is -2.06. The van der Waals surface area contributed by atoms with Crippen LogP contribution >= 0.6 is 11.6 Å². The molecule has 1 aromatic heterocycles. The highest BCUT2D eigenvalue weighted by molar-refractivity contribution is 6.31. The van der Waals surface area contributed by atoms with E-state index in [9.17, 15) is 0 Å². The number of aromatic nitrogens is 1. The highest BCUT2D eigenvalue weighted by Crippen LogP contribution is 2.28. The number of anilines is 1. The van der Waals surface area contributed by atoms with E-state index in [1.54, 1.807) is 31.5 Å². The van der Waals surface area contributed by atoms with Crippen LogP contribution in [0.15, 0.2) is 36.5 Å². The molecular weight excluding hydrogens is 224 g/mol. The number of nitrogens with zero attached hydrogens (tertiary/aromatic N) is 1. The molecule has 0 fully saturated rings. The summed E-state index contributed by atoms with van der Waals surface area (Å²) in [6.07, 6.45) is 1.72. The van der Waals surface area contributed by atoms with Crippen molar-refractivity contribution in [1.29, 1.82) is 0 Å². The zero-order valence-corrected chi connectivity index (χ0v) is 9.53. The number of nitrogens with two attached hydrogens (primary N) is 1. The summed E-state index contributed by atoms with van der Waals surface area (Å²) in [7, 11) is 1.58. The van der Waals surface area contributed by atoms with Crippen LogP contribution in [0.3, 0.4) is 0 Å². The highest BCUT2D eigenvalue weighted by atomic mass is 35.5. The topological polar surface area (TPSA) is 48.1 Å². The van der Waals surface area contributed by atoms with Gasteiger partial charge in [-0.1, -0.05) is 17.7 Å². The molecule has 0 aliphatic carbocycles. The number of hydrogen-bond donors (Lipinski definition) is 1. The van der Waals surface area contributed by atoms with E-state index < -0.39 is 0 Å². The molecule has 0 unspecified atom stereocenters.